The summed E-state index contributed by atoms with van der Waals surface area (Å²) >= 11 is 0. The van der Waals surface area contributed by atoms with Gasteiger partial charge in [0.1, 0.15) is 0 Å². The quantitative estimate of drug-likeness (QED) is 0.793. The number of hydrogen-bond donors (Lipinski definition) is 2. The van der Waals surface area contributed by atoms with Gasteiger partial charge in [0.2, 0.25) is 5.91 Å². The van der Waals surface area contributed by atoms with Gasteiger partial charge in [0.25, 0.3) is 0 Å². The van der Waals surface area contributed by atoms with Gasteiger partial charge in [-0.1, -0.05) is 6.42 Å². The zero-order chi connectivity index (χ0) is 12.1. The largest absolute Gasteiger partial charge is 0.355 e. The topological polar surface area (TPSA) is 68.0 Å². The fraction of sp³-hybridized carbons (Fsp3) is 0.538. The molecule has 1 aliphatic rings. The van der Waals surface area contributed by atoms with Gasteiger partial charge in [-0.05, 0) is 42.5 Å². The second-order valence-corrected chi connectivity index (χ2v) is 4.87. The molecule has 0 atom stereocenters. The van der Waals surface area contributed by atoms with Gasteiger partial charge in [0.05, 0.1) is 6.42 Å². The average Bonchev–Trinajstić information content (AvgIpc) is 2.29. The first-order valence-electron chi connectivity index (χ1n) is 6.10. The van der Waals surface area contributed by atoms with E-state index in [1.165, 1.54) is 6.42 Å². The molecule has 0 spiro atoms. The predicted molar refractivity (Wildman–Crippen MR) is 66.3 cm³/mol. The Morgan fingerprint density at radius 1 is 1.41 bits per heavy atom. The normalized spacial score (nSPS) is 17.2. The maximum Gasteiger partial charge on any atom is 0.224 e. The number of nitrogens with zero attached hydrogens (tertiary/aromatic N) is 1. The zero-order valence-corrected chi connectivity index (χ0v) is 9.98. The van der Waals surface area contributed by atoms with Crippen molar-refractivity contribution in [1.29, 1.82) is 0 Å². The molecule has 0 aliphatic heterocycles. The minimum Gasteiger partial charge on any atom is -0.355 e. The van der Waals surface area contributed by atoms with Crippen molar-refractivity contribution >= 4 is 5.91 Å². The maximum absolute atomic E-state index is 11.7. The van der Waals surface area contributed by atoms with Crippen molar-refractivity contribution in [2.45, 2.75) is 25.7 Å². The van der Waals surface area contributed by atoms with Crippen molar-refractivity contribution in [3.8, 4) is 0 Å². The highest BCUT2D eigenvalue weighted by molar-refractivity contribution is 5.78. The minimum absolute atomic E-state index is 0.0657. The molecule has 1 aromatic rings. The molecule has 1 saturated carbocycles. The highest BCUT2D eigenvalue weighted by Crippen LogP contribution is 2.39. The number of amides is 1. The molecule has 92 valence electrons. The van der Waals surface area contributed by atoms with Gasteiger partial charge in [-0.15, -0.1) is 0 Å². The highest BCUT2D eigenvalue weighted by atomic mass is 16.1. The van der Waals surface area contributed by atoms with Crippen LogP contribution in [-0.2, 0) is 11.2 Å². The zero-order valence-electron chi connectivity index (χ0n) is 9.98. The smallest absolute Gasteiger partial charge is 0.224 e. The first kappa shape index (κ1) is 12.0. The summed E-state index contributed by atoms with van der Waals surface area (Å²) in [5.74, 6) is 0.0657. The maximum atomic E-state index is 11.7. The molecular weight excluding hydrogens is 214 g/mol. The molecular formula is C13H19N3O. The van der Waals surface area contributed by atoms with Crippen molar-refractivity contribution in [3.63, 3.8) is 0 Å². The van der Waals surface area contributed by atoms with E-state index in [0.717, 1.165) is 18.4 Å². The second-order valence-electron chi connectivity index (χ2n) is 4.87. The van der Waals surface area contributed by atoms with Crippen LogP contribution in [0.4, 0.5) is 0 Å². The molecule has 0 bridgehead atoms. The van der Waals surface area contributed by atoms with Crippen LogP contribution in [-0.4, -0.2) is 24.0 Å². The Bertz CT molecular complexity index is 368. The molecule has 4 nitrogen and oxygen atoms in total. The molecule has 2 rings (SSSR count). The van der Waals surface area contributed by atoms with Crippen LogP contribution in [0.2, 0.25) is 0 Å². The number of pyridine rings is 1. The molecule has 0 saturated heterocycles. The number of aromatic nitrogens is 1. The molecule has 3 N–H and O–H groups in total. The summed E-state index contributed by atoms with van der Waals surface area (Å²) in [6, 6.07) is 3.73. The van der Waals surface area contributed by atoms with Crippen molar-refractivity contribution in [3.05, 3.63) is 30.1 Å². The summed E-state index contributed by atoms with van der Waals surface area (Å²) in [5, 5.41) is 2.99. The SMILES string of the molecule is NCC1(CNC(=O)Cc2ccncc2)CCC1. The average molecular weight is 233 g/mol. The van der Waals surface area contributed by atoms with Crippen molar-refractivity contribution in [1.82, 2.24) is 10.3 Å². The van der Waals surface area contributed by atoms with Gasteiger partial charge in [-0.3, -0.25) is 9.78 Å². The van der Waals surface area contributed by atoms with Gasteiger partial charge in [0.15, 0.2) is 0 Å². The number of nitrogens with one attached hydrogen (secondary N) is 1. The fourth-order valence-corrected chi connectivity index (χ4v) is 2.16. The summed E-state index contributed by atoms with van der Waals surface area (Å²) in [7, 11) is 0. The first-order chi connectivity index (χ1) is 8.24. The lowest BCUT2D eigenvalue weighted by Gasteiger charge is -2.41. The van der Waals surface area contributed by atoms with Crippen molar-refractivity contribution < 1.29 is 4.79 Å². The van der Waals surface area contributed by atoms with E-state index < -0.39 is 0 Å². The highest BCUT2D eigenvalue weighted by Gasteiger charge is 2.35. The fourth-order valence-electron chi connectivity index (χ4n) is 2.16. The van der Waals surface area contributed by atoms with E-state index in [-0.39, 0.29) is 11.3 Å². The molecule has 1 heterocycles. The van der Waals surface area contributed by atoms with Gasteiger partial charge in [-0.25, -0.2) is 0 Å². The summed E-state index contributed by atoms with van der Waals surface area (Å²) in [6.07, 6.45) is 7.34. The number of carbonyl (C=O) groups is 1. The lowest BCUT2D eigenvalue weighted by molar-refractivity contribution is -0.121. The molecule has 1 fully saturated rings. The molecule has 4 heteroatoms. The number of nitrogens with two attached hydrogens (primary N) is 1. The van der Waals surface area contributed by atoms with Crippen LogP contribution < -0.4 is 11.1 Å². The summed E-state index contributed by atoms with van der Waals surface area (Å²) in [4.78, 5) is 15.7. The summed E-state index contributed by atoms with van der Waals surface area (Å²) < 4.78 is 0. The van der Waals surface area contributed by atoms with E-state index in [2.05, 4.69) is 10.3 Å². The number of carbonyl (C=O) groups excluding carboxylic acids is 1. The van der Waals surface area contributed by atoms with E-state index in [9.17, 15) is 4.79 Å². The van der Waals surface area contributed by atoms with E-state index in [1.807, 2.05) is 12.1 Å². The third kappa shape index (κ3) is 3.03. The Hall–Kier alpha value is -1.42. The van der Waals surface area contributed by atoms with Crippen LogP contribution >= 0.6 is 0 Å². The second kappa shape index (κ2) is 5.27. The molecule has 1 aliphatic carbocycles. The van der Waals surface area contributed by atoms with Crippen LogP contribution in [0.3, 0.4) is 0 Å². The Kier molecular flexibility index (Phi) is 3.74. The molecule has 0 aromatic carbocycles. The molecule has 17 heavy (non-hydrogen) atoms. The van der Waals surface area contributed by atoms with Crippen molar-refractivity contribution in [2.75, 3.05) is 13.1 Å². The van der Waals surface area contributed by atoms with Crippen LogP contribution in [0.1, 0.15) is 24.8 Å². The van der Waals surface area contributed by atoms with Crippen LogP contribution in [0.5, 0.6) is 0 Å². The van der Waals surface area contributed by atoms with Gasteiger partial charge < -0.3 is 11.1 Å². The van der Waals surface area contributed by atoms with Gasteiger partial charge in [0, 0.05) is 18.9 Å². The molecule has 0 unspecified atom stereocenters. The lowest BCUT2D eigenvalue weighted by atomic mass is 9.69. The third-order valence-electron chi connectivity index (χ3n) is 3.62. The first-order valence-corrected chi connectivity index (χ1v) is 6.10. The minimum atomic E-state index is 0.0657. The molecule has 0 radical (unpaired) electrons. The Balaban J connectivity index is 1.78. The Morgan fingerprint density at radius 3 is 2.65 bits per heavy atom. The predicted octanol–water partition coefficient (Wildman–Crippen LogP) is 0.869. The van der Waals surface area contributed by atoms with Crippen LogP contribution in [0.25, 0.3) is 0 Å². The lowest BCUT2D eigenvalue weighted by Crippen LogP contribution is -2.47. The van der Waals surface area contributed by atoms with Gasteiger partial charge in [-0.2, -0.15) is 0 Å². The molecule has 1 aromatic heterocycles. The summed E-state index contributed by atoms with van der Waals surface area (Å²) in [5.41, 5.74) is 6.92. The molecule has 1 amide bonds. The Morgan fingerprint density at radius 2 is 2.12 bits per heavy atom. The monoisotopic (exact) mass is 233 g/mol. The van der Waals surface area contributed by atoms with E-state index >= 15 is 0 Å². The number of hydrogen-bond acceptors (Lipinski definition) is 3. The number of rotatable bonds is 5. The Labute approximate surface area is 102 Å². The van der Waals surface area contributed by atoms with Crippen LogP contribution in [0, 0.1) is 5.41 Å². The van der Waals surface area contributed by atoms with E-state index in [1.54, 1.807) is 12.4 Å². The van der Waals surface area contributed by atoms with E-state index in [0.29, 0.717) is 19.5 Å². The van der Waals surface area contributed by atoms with E-state index in [4.69, 9.17) is 5.73 Å². The third-order valence-corrected chi connectivity index (χ3v) is 3.62. The van der Waals surface area contributed by atoms with Crippen molar-refractivity contribution in [2.24, 2.45) is 11.1 Å². The standard InChI is InChI=1S/C13H19N3O/c14-9-13(4-1-5-13)10-16-12(17)8-11-2-6-15-7-3-11/h2-3,6-7H,1,4-5,8-10,14H2,(H,16,17). The van der Waals surface area contributed by atoms with Crippen LogP contribution in [0.15, 0.2) is 24.5 Å². The summed E-state index contributed by atoms with van der Waals surface area (Å²) in [6.45, 7) is 1.38. The van der Waals surface area contributed by atoms with Gasteiger partial charge >= 0.3 is 0 Å².